The Hall–Kier alpha value is -1.98. The summed E-state index contributed by atoms with van der Waals surface area (Å²) in [6.07, 6.45) is 4.36. The van der Waals surface area contributed by atoms with E-state index >= 15 is 0 Å². The third kappa shape index (κ3) is 6.51. The van der Waals surface area contributed by atoms with E-state index in [1.807, 2.05) is 61.5 Å². The van der Waals surface area contributed by atoms with Crippen LogP contribution in [0.25, 0.3) is 0 Å². The summed E-state index contributed by atoms with van der Waals surface area (Å²) in [5.74, 6) is 0.149. The van der Waals surface area contributed by atoms with Crippen molar-refractivity contribution in [2.75, 3.05) is 5.75 Å². The fraction of sp³-hybridized carbons (Fsp3) is 0.391. The Labute approximate surface area is 182 Å². The molecule has 2 amide bonds. The molecule has 0 radical (unpaired) electrons. The van der Waals surface area contributed by atoms with E-state index < -0.39 is 6.04 Å². The van der Waals surface area contributed by atoms with Crippen LogP contribution in [-0.2, 0) is 16.1 Å². The van der Waals surface area contributed by atoms with E-state index in [2.05, 4.69) is 5.32 Å². The van der Waals surface area contributed by atoms with Gasteiger partial charge in [-0.1, -0.05) is 54.8 Å². The highest BCUT2D eigenvalue weighted by atomic mass is 35.5. The van der Waals surface area contributed by atoms with E-state index in [1.165, 1.54) is 11.8 Å². The second-order valence-corrected chi connectivity index (χ2v) is 8.90. The Morgan fingerprint density at radius 3 is 2.41 bits per heavy atom. The number of hydrogen-bond donors (Lipinski definition) is 1. The molecule has 1 fully saturated rings. The average molecular weight is 431 g/mol. The lowest BCUT2D eigenvalue weighted by Gasteiger charge is -2.29. The average Bonchev–Trinajstić information content (AvgIpc) is 3.24. The largest absolute Gasteiger partial charge is 0.352 e. The number of halogens is 1. The minimum Gasteiger partial charge on any atom is -0.352 e. The Morgan fingerprint density at radius 1 is 1.10 bits per heavy atom. The van der Waals surface area contributed by atoms with Crippen molar-refractivity contribution in [1.29, 1.82) is 0 Å². The Balaban J connectivity index is 1.67. The van der Waals surface area contributed by atoms with Gasteiger partial charge in [0.1, 0.15) is 6.04 Å². The number of carbonyl (C=O) groups is 2. The Kier molecular flexibility index (Phi) is 8.01. The lowest BCUT2D eigenvalue weighted by molar-refractivity contribution is -0.138. The first-order valence-electron chi connectivity index (χ1n) is 10.0. The minimum atomic E-state index is -0.519. The van der Waals surface area contributed by atoms with Gasteiger partial charge in [-0.15, -0.1) is 11.8 Å². The summed E-state index contributed by atoms with van der Waals surface area (Å²) in [6, 6.07) is 17.0. The number of hydrogen-bond acceptors (Lipinski definition) is 3. The molecule has 0 aromatic heterocycles. The molecule has 1 N–H and O–H groups in total. The minimum absolute atomic E-state index is 0.0529. The lowest BCUT2D eigenvalue weighted by atomic mass is 10.1. The first-order valence-corrected chi connectivity index (χ1v) is 11.4. The van der Waals surface area contributed by atoms with E-state index in [9.17, 15) is 9.59 Å². The molecule has 4 nitrogen and oxygen atoms in total. The molecule has 0 saturated heterocycles. The van der Waals surface area contributed by atoms with Gasteiger partial charge in [0.25, 0.3) is 0 Å². The summed E-state index contributed by atoms with van der Waals surface area (Å²) < 4.78 is 0. The van der Waals surface area contributed by atoms with Crippen LogP contribution in [0.2, 0.25) is 5.02 Å². The molecule has 2 aromatic carbocycles. The third-order valence-corrected chi connectivity index (χ3v) is 6.49. The van der Waals surface area contributed by atoms with Gasteiger partial charge in [-0.25, -0.2) is 0 Å². The van der Waals surface area contributed by atoms with Gasteiger partial charge in [-0.3, -0.25) is 9.59 Å². The van der Waals surface area contributed by atoms with Crippen LogP contribution < -0.4 is 5.32 Å². The van der Waals surface area contributed by atoms with Crippen LogP contribution in [0.4, 0.5) is 0 Å². The molecule has 1 saturated carbocycles. The van der Waals surface area contributed by atoms with Crippen LogP contribution in [0.1, 0.15) is 38.2 Å². The van der Waals surface area contributed by atoms with Gasteiger partial charge in [-0.2, -0.15) is 0 Å². The normalized spacial score (nSPS) is 15.1. The second kappa shape index (κ2) is 10.7. The number of rotatable bonds is 8. The maximum absolute atomic E-state index is 13.1. The molecule has 1 aliphatic carbocycles. The summed E-state index contributed by atoms with van der Waals surface area (Å²) in [5.41, 5.74) is 1.01. The topological polar surface area (TPSA) is 49.4 Å². The van der Waals surface area contributed by atoms with Gasteiger partial charge in [0.15, 0.2) is 0 Å². The van der Waals surface area contributed by atoms with Gasteiger partial charge < -0.3 is 10.2 Å². The standard InChI is InChI=1S/C23H27ClN2O2S/c1-17(23(28)25-20-9-5-6-10-20)26(15-18-7-3-2-4-8-18)22(27)16-29-21-13-11-19(24)12-14-21/h2-4,7-8,11-14,17,20H,5-6,9-10,15-16H2,1H3,(H,25,28)/t17-/m0/s1. The van der Waals surface area contributed by atoms with Crippen LogP contribution in [0.5, 0.6) is 0 Å². The van der Waals surface area contributed by atoms with Crippen molar-refractivity contribution < 1.29 is 9.59 Å². The zero-order valence-electron chi connectivity index (χ0n) is 16.6. The second-order valence-electron chi connectivity index (χ2n) is 7.42. The van der Waals surface area contributed by atoms with Crippen molar-refractivity contribution in [1.82, 2.24) is 10.2 Å². The predicted octanol–water partition coefficient (Wildman–Crippen LogP) is 4.91. The highest BCUT2D eigenvalue weighted by Crippen LogP contribution is 2.22. The number of nitrogens with one attached hydrogen (secondary N) is 1. The van der Waals surface area contributed by atoms with Crippen LogP contribution in [0.3, 0.4) is 0 Å². The number of benzene rings is 2. The lowest BCUT2D eigenvalue weighted by Crippen LogP contribution is -2.50. The Morgan fingerprint density at radius 2 is 1.76 bits per heavy atom. The number of carbonyl (C=O) groups excluding carboxylic acids is 2. The molecule has 3 rings (SSSR count). The van der Waals surface area contributed by atoms with Gasteiger partial charge in [0.2, 0.25) is 11.8 Å². The van der Waals surface area contributed by atoms with Crippen LogP contribution in [0.15, 0.2) is 59.5 Å². The van der Waals surface area contributed by atoms with Crippen molar-refractivity contribution in [3.63, 3.8) is 0 Å². The number of nitrogens with zero attached hydrogens (tertiary/aromatic N) is 1. The molecule has 29 heavy (non-hydrogen) atoms. The molecule has 0 spiro atoms. The van der Waals surface area contributed by atoms with Crippen molar-refractivity contribution in [2.45, 2.75) is 56.1 Å². The maximum atomic E-state index is 13.1. The SMILES string of the molecule is C[C@@H](C(=O)NC1CCCC1)N(Cc1ccccc1)C(=O)CSc1ccc(Cl)cc1. The summed E-state index contributed by atoms with van der Waals surface area (Å²) in [6.45, 7) is 2.23. The van der Waals surface area contributed by atoms with Crippen molar-refractivity contribution in [3.05, 3.63) is 65.2 Å². The molecule has 0 heterocycles. The van der Waals surface area contributed by atoms with Crippen molar-refractivity contribution in [3.8, 4) is 0 Å². The first kappa shape index (κ1) is 21.7. The summed E-state index contributed by atoms with van der Waals surface area (Å²) in [7, 11) is 0. The van der Waals surface area contributed by atoms with Crippen LogP contribution >= 0.6 is 23.4 Å². The van der Waals surface area contributed by atoms with Crippen molar-refractivity contribution in [2.24, 2.45) is 0 Å². The smallest absolute Gasteiger partial charge is 0.242 e. The van der Waals surface area contributed by atoms with Crippen LogP contribution in [-0.4, -0.2) is 34.6 Å². The molecule has 154 valence electrons. The third-order valence-electron chi connectivity index (χ3n) is 5.24. The highest BCUT2D eigenvalue weighted by molar-refractivity contribution is 8.00. The molecule has 6 heteroatoms. The summed E-state index contributed by atoms with van der Waals surface area (Å²) in [4.78, 5) is 28.6. The van der Waals surface area contributed by atoms with E-state index in [-0.39, 0.29) is 23.6 Å². The van der Waals surface area contributed by atoms with Gasteiger partial charge >= 0.3 is 0 Å². The fourth-order valence-electron chi connectivity index (χ4n) is 3.51. The summed E-state index contributed by atoms with van der Waals surface area (Å²) in [5, 5.41) is 3.80. The van der Waals surface area contributed by atoms with E-state index in [0.29, 0.717) is 11.6 Å². The molecule has 1 aliphatic rings. The molecule has 0 aliphatic heterocycles. The molecular formula is C23H27ClN2O2S. The van der Waals surface area contributed by atoms with Gasteiger partial charge in [0.05, 0.1) is 5.75 Å². The fourth-order valence-corrected chi connectivity index (χ4v) is 4.42. The maximum Gasteiger partial charge on any atom is 0.242 e. The van der Waals surface area contributed by atoms with Gasteiger partial charge in [-0.05, 0) is 49.6 Å². The zero-order chi connectivity index (χ0) is 20.6. The monoisotopic (exact) mass is 430 g/mol. The van der Waals surface area contributed by atoms with Crippen LogP contribution in [0, 0.1) is 0 Å². The quantitative estimate of drug-likeness (QED) is 0.605. The first-order chi connectivity index (χ1) is 14.0. The molecule has 0 unspecified atom stereocenters. The zero-order valence-corrected chi connectivity index (χ0v) is 18.2. The van der Waals surface area contributed by atoms with Gasteiger partial charge in [0, 0.05) is 22.5 Å². The summed E-state index contributed by atoms with van der Waals surface area (Å²) >= 11 is 7.39. The van der Waals surface area contributed by atoms with E-state index in [4.69, 9.17) is 11.6 Å². The van der Waals surface area contributed by atoms with Crippen molar-refractivity contribution >= 4 is 35.2 Å². The number of amides is 2. The molecule has 0 bridgehead atoms. The van der Waals surface area contributed by atoms with E-state index in [0.717, 1.165) is 36.1 Å². The molecule has 1 atom stereocenters. The Bertz CT molecular complexity index is 807. The highest BCUT2D eigenvalue weighted by Gasteiger charge is 2.28. The molecule has 2 aromatic rings. The van der Waals surface area contributed by atoms with E-state index in [1.54, 1.807) is 4.90 Å². The predicted molar refractivity (Wildman–Crippen MR) is 119 cm³/mol. The molecular weight excluding hydrogens is 404 g/mol. The number of thioether (sulfide) groups is 1.